The minimum atomic E-state index is -1.14. The maximum Gasteiger partial charge on any atom is 0.321 e. The number of allylic oxidation sites excluding steroid dienone is 13. The molecule has 12 heteroatoms. The van der Waals surface area contributed by atoms with Crippen LogP contribution in [0.5, 0.6) is 0 Å². The Kier molecular flexibility index (Phi) is 10.7. The fraction of sp³-hybridized carbons (Fsp3) is 0.312. The number of nitrogens with zero attached hydrogens (tertiary/aromatic N) is 3. The molecule has 11 nitrogen and oxygen atoms in total. The molecule has 7 aliphatic rings. The standard InChI is InChI=1S/C48H46N4O7S/c1-9-27-22(3)32-19-34-24(5)29(15-16-38(53)59-17-18-60-47-26(7)44(54)30-13-11-12-14-31(30)45(47)55)42(51-34)40-41(48(57)58-8)46(56)39-25(6)35(52-43(39)40)21-37-28(10-2)23(4)33(50-37)20-36(27)49-32/h9,11-14,19-21,24,29,41,51,56H,1,10,15-18H2,2-8H3. The molecule has 306 valence electrons. The summed E-state index contributed by atoms with van der Waals surface area (Å²) < 4.78 is 11.0. The smallest absolute Gasteiger partial charge is 0.321 e. The third-order valence-electron chi connectivity index (χ3n) is 12.4. The highest BCUT2D eigenvalue weighted by atomic mass is 32.2. The molecule has 0 saturated carbocycles. The van der Waals surface area contributed by atoms with Crippen molar-refractivity contribution in [3.63, 3.8) is 0 Å². The van der Waals surface area contributed by atoms with Gasteiger partial charge in [-0.15, -0.1) is 11.8 Å². The average Bonchev–Trinajstić information content (AvgIpc) is 3.98. The number of carbonyl (C=O) groups excluding carboxylic acids is 4. The van der Waals surface area contributed by atoms with Crippen molar-refractivity contribution in [2.75, 3.05) is 19.5 Å². The number of hydrogen-bond acceptors (Lipinski definition) is 12. The number of ether oxygens (including phenoxy) is 2. The normalized spacial score (nSPS) is 23.1. The first-order valence-electron chi connectivity index (χ1n) is 20.2. The second-order valence-corrected chi connectivity index (χ2v) is 16.8. The van der Waals surface area contributed by atoms with Crippen LogP contribution in [0, 0.1) is 17.8 Å². The molecule has 1 saturated heterocycles. The Bertz CT molecular complexity index is 2650. The Morgan fingerprint density at radius 2 is 1.63 bits per heavy atom. The van der Waals surface area contributed by atoms with Crippen LogP contribution in [-0.2, 0) is 19.1 Å². The van der Waals surface area contributed by atoms with E-state index in [2.05, 4.69) is 32.7 Å². The van der Waals surface area contributed by atoms with Crippen LogP contribution >= 0.6 is 11.8 Å². The first-order chi connectivity index (χ1) is 28.8. The quantitative estimate of drug-likeness (QED) is 0.174. The minimum absolute atomic E-state index is 0.0411. The molecule has 1 aromatic carbocycles. The van der Waals surface area contributed by atoms with E-state index < -0.39 is 17.9 Å². The lowest BCUT2D eigenvalue weighted by Crippen LogP contribution is -2.25. The van der Waals surface area contributed by atoms with Crippen LogP contribution in [0.1, 0.15) is 81.5 Å². The summed E-state index contributed by atoms with van der Waals surface area (Å²) in [5.41, 5.74) is 12.5. The van der Waals surface area contributed by atoms with Crippen molar-refractivity contribution < 1.29 is 33.8 Å². The Balaban J connectivity index is 1.13. The van der Waals surface area contributed by atoms with E-state index in [4.69, 9.17) is 24.5 Å². The largest absolute Gasteiger partial charge is 0.510 e. The molecule has 2 N–H and O–H groups in total. The zero-order chi connectivity index (χ0) is 42.7. The summed E-state index contributed by atoms with van der Waals surface area (Å²) in [5.74, 6) is -2.93. The van der Waals surface area contributed by atoms with E-state index in [-0.39, 0.29) is 42.2 Å². The molecule has 0 amide bonds. The van der Waals surface area contributed by atoms with Gasteiger partial charge >= 0.3 is 11.9 Å². The Labute approximate surface area is 353 Å². The summed E-state index contributed by atoms with van der Waals surface area (Å²) in [6.45, 7) is 15.9. The lowest BCUT2D eigenvalue weighted by atomic mass is 9.84. The van der Waals surface area contributed by atoms with Crippen molar-refractivity contribution in [1.29, 1.82) is 0 Å². The van der Waals surface area contributed by atoms with Crippen LogP contribution in [0.15, 0.2) is 154 Å². The number of rotatable bonds is 10. The summed E-state index contributed by atoms with van der Waals surface area (Å²) in [6.07, 6.45) is 8.89. The molecule has 60 heavy (non-hydrogen) atoms. The number of hydrogen-bond donors (Lipinski definition) is 2. The van der Waals surface area contributed by atoms with Crippen LogP contribution in [0.2, 0.25) is 0 Å². The van der Waals surface area contributed by atoms with Gasteiger partial charge in [-0.1, -0.05) is 50.8 Å². The van der Waals surface area contributed by atoms with Gasteiger partial charge in [0.1, 0.15) is 18.3 Å². The lowest BCUT2D eigenvalue weighted by Gasteiger charge is -2.20. The van der Waals surface area contributed by atoms with Gasteiger partial charge in [-0.05, 0) is 81.1 Å². The van der Waals surface area contributed by atoms with E-state index in [1.165, 1.54) is 18.9 Å². The third-order valence-corrected chi connectivity index (χ3v) is 13.6. The van der Waals surface area contributed by atoms with Crippen molar-refractivity contribution in [1.82, 2.24) is 5.32 Å². The molecule has 0 spiro atoms. The number of Topliss-reactive ketones (excluding diaryl/α,β-unsaturated/α-hetero) is 2. The molecular formula is C48H46N4O7S. The van der Waals surface area contributed by atoms with Gasteiger partial charge in [0, 0.05) is 68.8 Å². The van der Waals surface area contributed by atoms with E-state index in [1.54, 1.807) is 31.2 Å². The second kappa shape index (κ2) is 15.8. The molecule has 3 atom stereocenters. The first kappa shape index (κ1) is 40.6. The van der Waals surface area contributed by atoms with Gasteiger partial charge in [-0.2, -0.15) is 0 Å². The molecule has 8 rings (SSSR count). The number of aliphatic hydroxyl groups is 1. The van der Waals surface area contributed by atoms with Crippen LogP contribution in [0.3, 0.4) is 0 Å². The number of nitrogens with one attached hydrogen (secondary N) is 1. The Morgan fingerprint density at radius 3 is 2.33 bits per heavy atom. The number of esters is 2. The maximum absolute atomic E-state index is 13.6. The van der Waals surface area contributed by atoms with Gasteiger partial charge in [-0.25, -0.2) is 15.0 Å². The van der Waals surface area contributed by atoms with Crippen molar-refractivity contribution in [3.8, 4) is 0 Å². The zero-order valence-electron chi connectivity index (χ0n) is 34.7. The SMILES string of the molecule is C=CC1=C(C)C2=NC1=CC1=NC(=CC3=C(C)C4=C(O)C(C(=O)OC)C(=C5NC(=C2)C(C)C5CCC(=O)OCCSC2=C(C)C(=O)c5ccccc5C2=O)C4=N3)C(CC)=C1C. The fourth-order valence-electron chi connectivity index (χ4n) is 9.07. The highest BCUT2D eigenvalue weighted by Crippen LogP contribution is 2.49. The highest BCUT2D eigenvalue weighted by Gasteiger charge is 2.49. The first-order valence-corrected chi connectivity index (χ1v) is 21.1. The summed E-state index contributed by atoms with van der Waals surface area (Å²) in [4.78, 5) is 68.7. The van der Waals surface area contributed by atoms with E-state index >= 15 is 0 Å². The van der Waals surface area contributed by atoms with E-state index in [0.29, 0.717) is 67.6 Å². The third kappa shape index (κ3) is 6.57. The number of methoxy groups -OCH3 is 1. The molecule has 5 heterocycles. The van der Waals surface area contributed by atoms with Crippen LogP contribution in [-0.4, -0.2) is 65.2 Å². The number of benzene rings is 1. The fourth-order valence-corrected chi connectivity index (χ4v) is 9.99. The number of carbonyl (C=O) groups is 4. The van der Waals surface area contributed by atoms with Gasteiger partial charge in [0.25, 0.3) is 0 Å². The highest BCUT2D eigenvalue weighted by molar-refractivity contribution is 8.04. The Hall–Kier alpha value is -6.14. The molecule has 3 unspecified atom stereocenters. The molecule has 5 aliphatic heterocycles. The number of aliphatic imine (C=N–C) groups is 3. The predicted octanol–water partition coefficient (Wildman–Crippen LogP) is 8.65. The van der Waals surface area contributed by atoms with Crippen LogP contribution in [0.4, 0.5) is 0 Å². The van der Waals surface area contributed by atoms with Crippen LogP contribution in [0.25, 0.3) is 0 Å². The maximum atomic E-state index is 13.6. The second-order valence-electron chi connectivity index (χ2n) is 15.7. The molecule has 0 aromatic heterocycles. The lowest BCUT2D eigenvalue weighted by molar-refractivity contribution is -0.144. The summed E-state index contributed by atoms with van der Waals surface area (Å²) in [5, 5.41) is 15.5. The topological polar surface area (TPSA) is 156 Å². The summed E-state index contributed by atoms with van der Waals surface area (Å²) in [7, 11) is 1.29. The molecule has 0 radical (unpaired) electrons. The van der Waals surface area contributed by atoms with E-state index in [9.17, 15) is 24.3 Å². The number of aliphatic hydroxyl groups excluding tert-OH is 1. The van der Waals surface area contributed by atoms with Crippen molar-refractivity contribution in [2.24, 2.45) is 32.7 Å². The van der Waals surface area contributed by atoms with Gasteiger partial charge in [0.05, 0.1) is 46.2 Å². The van der Waals surface area contributed by atoms with Crippen molar-refractivity contribution in [2.45, 2.75) is 60.8 Å². The molecule has 1 fully saturated rings. The van der Waals surface area contributed by atoms with Crippen molar-refractivity contribution in [3.05, 3.63) is 150 Å². The number of fused-ring (bicyclic) bond motifs is 6. The average molecular weight is 823 g/mol. The number of thioether (sulfide) groups is 1. The Morgan fingerprint density at radius 1 is 0.933 bits per heavy atom. The zero-order valence-corrected chi connectivity index (χ0v) is 35.6. The number of ketones is 2. The van der Waals surface area contributed by atoms with Crippen LogP contribution < -0.4 is 5.32 Å². The monoisotopic (exact) mass is 822 g/mol. The van der Waals surface area contributed by atoms with Gasteiger partial charge in [0.15, 0.2) is 11.6 Å². The van der Waals surface area contributed by atoms with Crippen molar-refractivity contribution >= 4 is 52.4 Å². The van der Waals surface area contributed by atoms with E-state index in [0.717, 1.165) is 57.2 Å². The molecular weight excluding hydrogens is 777 g/mol. The molecule has 8 bridgehead atoms. The predicted molar refractivity (Wildman–Crippen MR) is 234 cm³/mol. The van der Waals surface area contributed by atoms with Gasteiger partial charge < -0.3 is 19.9 Å². The summed E-state index contributed by atoms with van der Waals surface area (Å²) >= 11 is 1.21. The van der Waals surface area contributed by atoms with Gasteiger partial charge in [-0.3, -0.25) is 19.2 Å². The summed E-state index contributed by atoms with van der Waals surface area (Å²) in [6, 6.07) is 6.78. The van der Waals surface area contributed by atoms with Gasteiger partial charge in [0.2, 0.25) is 0 Å². The minimum Gasteiger partial charge on any atom is -0.510 e. The molecule has 2 aliphatic carbocycles. The van der Waals surface area contributed by atoms with E-state index in [1.807, 2.05) is 38.2 Å². The molecule has 1 aromatic rings.